The van der Waals surface area contributed by atoms with E-state index in [1.165, 1.54) is 95.2 Å². The summed E-state index contributed by atoms with van der Waals surface area (Å²) in [7, 11) is -0.635. The van der Waals surface area contributed by atoms with Crippen molar-refractivity contribution in [1.29, 1.82) is 0 Å². The summed E-state index contributed by atoms with van der Waals surface area (Å²) in [4.78, 5) is 0. The van der Waals surface area contributed by atoms with Gasteiger partial charge in [-0.15, -0.1) is 0 Å². The fourth-order valence-corrected chi connectivity index (χ4v) is 5.03. The molecule has 0 aromatic heterocycles. The van der Waals surface area contributed by atoms with Gasteiger partial charge in [0, 0.05) is 0 Å². The molecule has 0 aromatic rings. The largest absolute Gasteiger partial charge is 0.456 e. The molecule has 0 aliphatic rings. The highest BCUT2D eigenvalue weighted by Crippen LogP contribution is 2.16. The van der Waals surface area contributed by atoms with Gasteiger partial charge >= 0.3 is 10.5 Å². The van der Waals surface area contributed by atoms with Crippen LogP contribution in [0.25, 0.3) is 0 Å². The summed E-state index contributed by atoms with van der Waals surface area (Å²) in [6, 6.07) is 0. The van der Waals surface area contributed by atoms with Crippen LogP contribution in [0.1, 0.15) is 96.8 Å². The second-order valence-electron chi connectivity index (χ2n) is 5.78. The molecular formula is C16H33AlBr2. The second-order valence-corrected chi connectivity index (χ2v) is 17.5. The Morgan fingerprint density at radius 3 is 1.16 bits per heavy atom. The molecule has 0 N–H and O–H groups in total. The molecule has 0 unspecified atom stereocenters. The first-order chi connectivity index (χ1) is 9.27. The van der Waals surface area contributed by atoms with Crippen molar-refractivity contribution in [3.8, 4) is 0 Å². The Morgan fingerprint density at radius 2 is 0.842 bits per heavy atom. The first-order valence-corrected chi connectivity index (χ1v) is 15.7. The zero-order chi connectivity index (χ0) is 14.2. The molecule has 0 amide bonds. The van der Waals surface area contributed by atoms with Gasteiger partial charge in [-0.2, -0.15) is 28.1 Å². The van der Waals surface area contributed by atoms with Gasteiger partial charge < -0.3 is 0 Å². The van der Waals surface area contributed by atoms with Crippen LogP contribution in [0.3, 0.4) is 0 Å². The van der Waals surface area contributed by atoms with Crippen LogP contribution in [-0.4, -0.2) is 10.5 Å². The smallest absolute Gasteiger partial charge is 0.197 e. The zero-order valence-electron chi connectivity index (χ0n) is 12.9. The maximum atomic E-state index is 3.67. The van der Waals surface area contributed by atoms with Crippen LogP contribution in [0.15, 0.2) is 0 Å². The lowest BCUT2D eigenvalue weighted by Gasteiger charge is -2.03. The summed E-state index contributed by atoms with van der Waals surface area (Å²) in [5.74, 6) is 0. The van der Waals surface area contributed by atoms with E-state index in [4.69, 9.17) is 0 Å². The van der Waals surface area contributed by atoms with Gasteiger partial charge in [-0.1, -0.05) is 102 Å². The molecule has 0 spiro atoms. The molecule has 0 aromatic carbocycles. The minimum Gasteiger partial charge on any atom is -0.197 e. The van der Waals surface area contributed by atoms with E-state index < -0.39 is 10.5 Å². The Labute approximate surface area is 140 Å². The molecule has 0 atom stereocenters. The van der Waals surface area contributed by atoms with Crippen molar-refractivity contribution in [3.63, 3.8) is 0 Å². The topological polar surface area (TPSA) is 0 Å². The number of hydrogen-bond donors (Lipinski definition) is 0. The Balaban J connectivity index is 2.91. The molecule has 0 saturated carbocycles. The Morgan fingerprint density at radius 1 is 0.526 bits per heavy atom. The van der Waals surface area contributed by atoms with E-state index in [0.717, 1.165) is 0 Å². The van der Waals surface area contributed by atoms with Crippen LogP contribution in [0.4, 0.5) is 0 Å². The predicted molar refractivity (Wildman–Crippen MR) is 98.7 cm³/mol. The van der Waals surface area contributed by atoms with E-state index >= 15 is 0 Å². The van der Waals surface area contributed by atoms with E-state index in [1.54, 1.807) is 0 Å². The van der Waals surface area contributed by atoms with Gasteiger partial charge in [0.15, 0.2) is 0 Å². The molecule has 0 bridgehead atoms. The SMILES string of the molecule is CCCCCCCCCCCCCCC[CH2][Al]([Br])[Br]. The van der Waals surface area contributed by atoms with Gasteiger partial charge in [-0.05, 0) is 0 Å². The Kier molecular flexibility index (Phi) is 18.9. The molecule has 3 heteroatoms. The summed E-state index contributed by atoms with van der Waals surface area (Å²) >= 11 is 7.34. The summed E-state index contributed by atoms with van der Waals surface area (Å²) in [5.41, 5.74) is 0. The molecule has 0 radical (unpaired) electrons. The summed E-state index contributed by atoms with van der Waals surface area (Å²) < 4.78 is 0. The molecule has 0 heterocycles. The predicted octanol–water partition coefficient (Wildman–Crippen LogP) is 7.75. The van der Waals surface area contributed by atoms with Gasteiger partial charge in [0.05, 0.1) is 0 Å². The molecule has 0 aliphatic carbocycles. The Hall–Kier alpha value is 1.49. The maximum absolute atomic E-state index is 3.67. The average molecular weight is 412 g/mol. The summed E-state index contributed by atoms with van der Waals surface area (Å²) in [6.45, 7) is 2.29. The van der Waals surface area contributed by atoms with Crippen LogP contribution in [0, 0.1) is 0 Å². The lowest BCUT2D eigenvalue weighted by atomic mass is 10.0. The molecule has 0 rings (SSSR count). The van der Waals surface area contributed by atoms with Crippen LogP contribution in [-0.2, 0) is 0 Å². The molecule has 0 saturated heterocycles. The van der Waals surface area contributed by atoms with Gasteiger partial charge in [0.2, 0.25) is 0 Å². The highest BCUT2D eigenvalue weighted by atomic mass is 79.9. The molecular weight excluding hydrogens is 379 g/mol. The van der Waals surface area contributed by atoms with Crippen molar-refractivity contribution in [2.75, 3.05) is 0 Å². The minimum atomic E-state index is -0.635. The van der Waals surface area contributed by atoms with Gasteiger partial charge in [-0.3, -0.25) is 0 Å². The number of unbranched alkanes of at least 4 members (excludes halogenated alkanes) is 13. The van der Waals surface area contributed by atoms with Crippen molar-refractivity contribution in [3.05, 3.63) is 0 Å². The third kappa shape index (κ3) is 19.5. The van der Waals surface area contributed by atoms with Crippen LogP contribution in [0.5, 0.6) is 0 Å². The first-order valence-electron chi connectivity index (χ1n) is 8.55. The number of rotatable bonds is 15. The summed E-state index contributed by atoms with van der Waals surface area (Å²) in [6.07, 6.45) is 20.4. The molecule has 114 valence electrons. The monoisotopic (exact) mass is 410 g/mol. The summed E-state index contributed by atoms with van der Waals surface area (Å²) in [5, 5.41) is 1.40. The first kappa shape index (κ1) is 20.5. The maximum Gasteiger partial charge on any atom is 0.456 e. The highest BCUT2D eigenvalue weighted by Gasteiger charge is 2.06. The van der Waals surface area contributed by atoms with E-state index in [2.05, 4.69) is 35.0 Å². The normalized spacial score (nSPS) is 10.9. The van der Waals surface area contributed by atoms with Crippen LogP contribution < -0.4 is 0 Å². The van der Waals surface area contributed by atoms with Crippen molar-refractivity contribution in [2.24, 2.45) is 0 Å². The molecule has 0 fully saturated rings. The van der Waals surface area contributed by atoms with Gasteiger partial charge in [0.25, 0.3) is 0 Å². The zero-order valence-corrected chi connectivity index (χ0v) is 17.3. The van der Waals surface area contributed by atoms with Crippen LogP contribution in [0.2, 0.25) is 5.28 Å². The van der Waals surface area contributed by atoms with Crippen molar-refractivity contribution >= 4 is 38.6 Å². The van der Waals surface area contributed by atoms with Gasteiger partial charge in [-0.25, -0.2) is 0 Å². The lowest BCUT2D eigenvalue weighted by Crippen LogP contribution is -1.89. The quantitative estimate of drug-likeness (QED) is 0.191. The molecule has 0 aliphatic heterocycles. The fraction of sp³-hybridized carbons (Fsp3) is 1.00. The third-order valence-electron chi connectivity index (χ3n) is 3.78. The lowest BCUT2D eigenvalue weighted by molar-refractivity contribution is 0.538. The van der Waals surface area contributed by atoms with E-state index in [-0.39, 0.29) is 0 Å². The Bertz CT molecular complexity index is 163. The second kappa shape index (κ2) is 17.5. The van der Waals surface area contributed by atoms with E-state index in [0.29, 0.717) is 0 Å². The van der Waals surface area contributed by atoms with Gasteiger partial charge in [0.1, 0.15) is 0 Å². The number of hydrogen-bond acceptors (Lipinski definition) is 0. The molecule has 19 heavy (non-hydrogen) atoms. The minimum absolute atomic E-state index is 0.635. The number of halogens is 2. The highest BCUT2D eigenvalue weighted by molar-refractivity contribution is 9.49. The van der Waals surface area contributed by atoms with E-state index in [1.807, 2.05) is 0 Å². The third-order valence-corrected chi connectivity index (χ3v) is 7.37. The van der Waals surface area contributed by atoms with Crippen molar-refractivity contribution in [2.45, 2.75) is 102 Å². The fourth-order valence-electron chi connectivity index (χ4n) is 2.49. The van der Waals surface area contributed by atoms with E-state index in [9.17, 15) is 0 Å². The average Bonchev–Trinajstić information content (AvgIpc) is 2.39. The van der Waals surface area contributed by atoms with Crippen LogP contribution >= 0.6 is 28.1 Å². The molecule has 0 nitrogen and oxygen atoms in total. The van der Waals surface area contributed by atoms with Crippen molar-refractivity contribution < 1.29 is 0 Å². The standard InChI is InChI=1S/C16H33.Al.2BrH/c1-3-5-7-9-11-13-15-16-14-12-10-8-6-4-2;;;/h1,3-16H2,2H3;;2*1H/q;+2;;/p-2. The van der Waals surface area contributed by atoms with Crippen molar-refractivity contribution in [1.82, 2.24) is 0 Å².